The smallest absolute Gasteiger partial charge is 0.265 e. The van der Waals surface area contributed by atoms with Crippen molar-refractivity contribution in [3.8, 4) is 0 Å². The predicted molar refractivity (Wildman–Crippen MR) is 90.1 cm³/mol. The van der Waals surface area contributed by atoms with Gasteiger partial charge in [0.25, 0.3) is 5.91 Å². The molecule has 1 aromatic carbocycles. The van der Waals surface area contributed by atoms with E-state index in [1.54, 1.807) is 19.0 Å². The zero-order valence-electron chi connectivity index (χ0n) is 12.6. The maximum atomic E-state index is 11.9. The van der Waals surface area contributed by atoms with E-state index in [9.17, 15) is 4.79 Å². The highest BCUT2D eigenvalue weighted by Gasteiger charge is 2.15. The first-order chi connectivity index (χ1) is 9.99. The molecule has 0 aliphatic rings. The molecular weight excluding hydrogens is 282 g/mol. The van der Waals surface area contributed by atoms with Gasteiger partial charge in [0.2, 0.25) is 0 Å². The summed E-state index contributed by atoms with van der Waals surface area (Å²) in [6.45, 7) is 2.94. The highest BCUT2D eigenvalue weighted by Crippen LogP contribution is 2.29. The lowest BCUT2D eigenvalue weighted by Gasteiger charge is -2.08. The van der Waals surface area contributed by atoms with Gasteiger partial charge in [-0.05, 0) is 30.5 Å². The summed E-state index contributed by atoms with van der Waals surface area (Å²) in [5.41, 5.74) is 9.08. The summed E-state index contributed by atoms with van der Waals surface area (Å²) in [7, 11) is 3.46. The fourth-order valence-corrected chi connectivity index (χ4v) is 3.10. The summed E-state index contributed by atoms with van der Waals surface area (Å²) in [6.07, 6.45) is 0.946. The number of amides is 1. The second-order valence-corrected chi connectivity index (χ2v) is 6.25. The molecule has 0 radical (unpaired) electrons. The third-order valence-corrected chi connectivity index (χ3v) is 4.41. The lowest BCUT2D eigenvalue weighted by Crippen LogP contribution is -2.21. The minimum atomic E-state index is -0.0514. The van der Waals surface area contributed by atoms with Gasteiger partial charge in [-0.3, -0.25) is 4.79 Å². The molecule has 2 aromatic rings. The molecular formula is C16H21N3OS. The molecule has 0 saturated heterocycles. The summed E-state index contributed by atoms with van der Waals surface area (Å²) in [5.74, 6) is -0.0514. The Morgan fingerprint density at radius 3 is 2.71 bits per heavy atom. The molecule has 5 heteroatoms. The topological polar surface area (TPSA) is 58.4 Å². The first-order valence-corrected chi connectivity index (χ1v) is 7.70. The van der Waals surface area contributed by atoms with E-state index >= 15 is 0 Å². The highest BCUT2D eigenvalue weighted by atomic mass is 32.1. The van der Waals surface area contributed by atoms with E-state index in [0.29, 0.717) is 10.6 Å². The van der Waals surface area contributed by atoms with Crippen molar-refractivity contribution >= 4 is 27.9 Å². The van der Waals surface area contributed by atoms with E-state index in [1.807, 2.05) is 12.1 Å². The first kappa shape index (κ1) is 15.4. The zero-order chi connectivity index (χ0) is 15.4. The summed E-state index contributed by atoms with van der Waals surface area (Å²) in [6, 6.07) is 10.2. The minimum Gasteiger partial charge on any atom is -0.397 e. The van der Waals surface area contributed by atoms with Crippen molar-refractivity contribution in [1.82, 2.24) is 4.90 Å². The van der Waals surface area contributed by atoms with Crippen LogP contribution in [0.15, 0.2) is 30.3 Å². The molecule has 2 rings (SSSR count). The van der Waals surface area contributed by atoms with Gasteiger partial charge in [0.05, 0.1) is 10.7 Å². The molecule has 0 bridgehead atoms. The van der Waals surface area contributed by atoms with Crippen molar-refractivity contribution in [2.45, 2.75) is 13.3 Å². The number of hydrogen-bond donors (Lipinski definition) is 2. The molecule has 0 saturated carbocycles. The molecule has 0 spiro atoms. The number of aryl methyl sites for hydroxylation is 1. The van der Waals surface area contributed by atoms with Gasteiger partial charge >= 0.3 is 0 Å². The maximum absolute atomic E-state index is 11.9. The van der Waals surface area contributed by atoms with Crippen molar-refractivity contribution < 1.29 is 4.79 Å². The summed E-state index contributed by atoms with van der Waals surface area (Å²) < 4.78 is 0. The van der Waals surface area contributed by atoms with E-state index < -0.39 is 0 Å². The van der Waals surface area contributed by atoms with Gasteiger partial charge in [-0.2, -0.15) is 0 Å². The quantitative estimate of drug-likeness (QED) is 0.892. The molecule has 1 aromatic heterocycles. The molecule has 0 atom stereocenters. The standard InChI is InChI=1S/C16H21N3OS/c1-11-6-4-5-7-12(11)8-9-18-14-10-13(17)15(21-14)16(20)19(2)3/h4-7,10,18H,8-9,17H2,1-3H3. The third-order valence-electron chi connectivity index (χ3n) is 3.32. The SMILES string of the molecule is Cc1ccccc1CCNc1cc(N)c(C(=O)N(C)C)s1. The van der Waals surface area contributed by atoms with Gasteiger partial charge < -0.3 is 16.0 Å². The van der Waals surface area contributed by atoms with Crippen LogP contribution in [0.3, 0.4) is 0 Å². The Morgan fingerprint density at radius 2 is 2.05 bits per heavy atom. The van der Waals surface area contributed by atoms with Crippen molar-refractivity contribution in [3.63, 3.8) is 0 Å². The number of benzene rings is 1. The van der Waals surface area contributed by atoms with Gasteiger partial charge in [-0.15, -0.1) is 11.3 Å². The number of thiophene rings is 1. The van der Waals surface area contributed by atoms with Crippen LogP contribution in [0.1, 0.15) is 20.8 Å². The average Bonchev–Trinajstić information content (AvgIpc) is 2.81. The Bertz CT molecular complexity index is 634. The van der Waals surface area contributed by atoms with Crippen molar-refractivity contribution in [2.24, 2.45) is 0 Å². The van der Waals surface area contributed by atoms with E-state index in [-0.39, 0.29) is 5.91 Å². The largest absolute Gasteiger partial charge is 0.397 e. The predicted octanol–water partition coefficient (Wildman–Crippen LogP) is 3.00. The monoisotopic (exact) mass is 303 g/mol. The number of anilines is 2. The first-order valence-electron chi connectivity index (χ1n) is 6.88. The molecule has 3 N–H and O–H groups in total. The van der Waals surface area contributed by atoms with Crippen LogP contribution in [-0.2, 0) is 6.42 Å². The molecule has 0 aliphatic carbocycles. The lowest BCUT2D eigenvalue weighted by atomic mass is 10.1. The normalized spacial score (nSPS) is 10.4. The number of nitrogens with one attached hydrogen (secondary N) is 1. The van der Waals surface area contributed by atoms with E-state index in [4.69, 9.17) is 5.73 Å². The summed E-state index contributed by atoms with van der Waals surface area (Å²) >= 11 is 1.41. The Hall–Kier alpha value is -2.01. The summed E-state index contributed by atoms with van der Waals surface area (Å²) in [5, 5.41) is 4.28. The number of nitrogens with zero attached hydrogens (tertiary/aromatic N) is 1. The van der Waals surface area contributed by atoms with Crippen LogP contribution < -0.4 is 11.1 Å². The third kappa shape index (κ3) is 3.76. The fraction of sp³-hybridized carbons (Fsp3) is 0.312. The van der Waals surface area contributed by atoms with Crippen molar-refractivity contribution in [3.05, 3.63) is 46.3 Å². The van der Waals surface area contributed by atoms with Crippen LogP contribution in [0.4, 0.5) is 10.7 Å². The van der Waals surface area contributed by atoms with E-state index in [0.717, 1.165) is 18.0 Å². The van der Waals surface area contributed by atoms with Crippen molar-refractivity contribution in [2.75, 3.05) is 31.7 Å². The molecule has 1 amide bonds. The number of carbonyl (C=O) groups excluding carboxylic acids is 1. The molecule has 0 aliphatic heterocycles. The van der Waals surface area contributed by atoms with Crippen LogP contribution in [-0.4, -0.2) is 31.4 Å². The Balaban J connectivity index is 1.97. The van der Waals surface area contributed by atoms with Gasteiger partial charge in [0, 0.05) is 20.6 Å². The molecule has 4 nitrogen and oxygen atoms in total. The highest BCUT2D eigenvalue weighted by molar-refractivity contribution is 7.18. The number of hydrogen-bond acceptors (Lipinski definition) is 4. The van der Waals surface area contributed by atoms with Gasteiger partial charge in [0.15, 0.2) is 0 Å². The molecule has 0 fully saturated rings. The van der Waals surface area contributed by atoms with E-state index in [2.05, 4.69) is 30.4 Å². The van der Waals surface area contributed by atoms with Gasteiger partial charge in [-0.25, -0.2) is 0 Å². The lowest BCUT2D eigenvalue weighted by molar-refractivity contribution is 0.0833. The van der Waals surface area contributed by atoms with E-state index in [1.165, 1.54) is 22.5 Å². The molecule has 1 heterocycles. The van der Waals surface area contributed by atoms with Crippen LogP contribution in [0.25, 0.3) is 0 Å². The maximum Gasteiger partial charge on any atom is 0.265 e. The molecule has 112 valence electrons. The Morgan fingerprint density at radius 1 is 1.33 bits per heavy atom. The second kappa shape index (κ2) is 6.63. The zero-order valence-corrected chi connectivity index (χ0v) is 13.5. The Kier molecular flexibility index (Phi) is 4.85. The molecule has 0 unspecified atom stereocenters. The van der Waals surface area contributed by atoms with Crippen molar-refractivity contribution in [1.29, 1.82) is 0 Å². The van der Waals surface area contributed by atoms with Crippen LogP contribution in [0.5, 0.6) is 0 Å². The fourth-order valence-electron chi connectivity index (χ4n) is 2.07. The van der Waals surface area contributed by atoms with Crippen LogP contribution in [0.2, 0.25) is 0 Å². The second-order valence-electron chi connectivity index (χ2n) is 5.20. The average molecular weight is 303 g/mol. The summed E-state index contributed by atoms with van der Waals surface area (Å²) in [4.78, 5) is 14.1. The van der Waals surface area contributed by atoms with Gasteiger partial charge in [0.1, 0.15) is 4.88 Å². The number of carbonyl (C=O) groups is 1. The number of rotatable bonds is 5. The van der Waals surface area contributed by atoms with Gasteiger partial charge in [-0.1, -0.05) is 24.3 Å². The van der Waals surface area contributed by atoms with Crippen LogP contribution >= 0.6 is 11.3 Å². The van der Waals surface area contributed by atoms with Crippen LogP contribution in [0, 0.1) is 6.92 Å². The molecule has 21 heavy (non-hydrogen) atoms. The number of nitrogens with two attached hydrogens (primary N) is 1. The number of nitrogen functional groups attached to an aromatic ring is 1. The minimum absolute atomic E-state index is 0.0514. The Labute approximate surface area is 129 Å².